The van der Waals surface area contributed by atoms with Gasteiger partial charge in [-0.15, -0.1) is 0 Å². The van der Waals surface area contributed by atoms with Gasteiger partial charge in [-0.1, -0.05) is 43.0 Å². The van der Waals surface area contributed by atoms with E-state index < -0.39 is 0 Å². The van der Waals surface area contributed by atoms with Crippen molar-refractivity contribution < 1.29 is 4.79 Å². The summed E-state index contributed by atoms with van der Waals surface area (Å²) in [6.45, 7) is 5.09. The Morgan fingerprint density at radius 3 is 2.96 bits per heavy atom. The van der Waals surface area contributed by atoms with Crippen LogP contribution in [0.4, 0.5) is 0 Å². The summed E-state index contributed by atoms with van der Waals surface area (Å²) in [5.74, 6) is 0.261. The van der Waals surface area contributed by atoms with Crippen LogP contribution in [-0.4, -0.2) is 33.6 Å². The van der Waals surface area contributed by atoms with Crippen LogP contribution in [0.5, 0.6) is 0 Å². The summed E-state index contributed by atoms with van der Waals surface area (Å²) < 4.78 is 0. The molecule has 2 aromatic rings. The van der Waals surface area contributed by atoms with Crippen molar-refractivity contribution >= 4 is 28.6 Å². The molecule has 1 fully saturated rings. The highest BCUT2D eigenvalue weighted by Crippen LogP contribution is 2.28. The van der Waals surface area contributed by atoms with Crippen molar-refractivity contribution in [3.05, 3.63) is 36.4 Å². The van der Waals surface area contributed by atoms with E-state index in [-0.39, 0.29) is 11.2 Å². The topological polar surface area (TPSA) is 33.2 Å². The molecule has 1 aromatic carbocycles. The van der Waals surface area contributed by atoms with E-state index in [1.54, 1.807) is 11.8 Å². The second-order valence-corrected chi connectivity index (χ2v) is 7.55. The average molecular weight is 328 g/mol. The lowest BCUT2D eigenvalue weighted by Gasteiger charge is -2.36. The number of piperidine rings is 1. The molecule has 1 aliphatic rings. The Hall–Kier alpha value is -1.55. The molecule has 23 heavy (non-hydrogen) atoms. The molecule has 2 atom stereocenters. The summed E-state index contributed by atoms with van der Waals surface area (Å²) in [4.78, 5) is 19.6. The minimum atomic E-state index is -0.0872. The number of thioether (sulfide) groups is 1. The van der Waals surface area contributed by atoms with Crippen LogP contribution in [-0.2, 0) is 4.79 Å². The Morgan fingerprint density at radius 2 is 2.13 bits per heavy atom. The van der Waals surface area contributed by atoms with E-state index in [1.165, 1.54) is 6.42 Å². The Morgan fingerprint density at radius 1 is 1.30 bits per heavy atom. The Labute approximate surface area is 142 Å². The van der Waals surface area contributed by atoms with Gasteiger partial charge in [0.1, 0.15) is 0 Å². The maximum atomic E-state index is 12.8. The van der Waals surface area contributed by atoms with Gasteiger partial charge < -0.3 is 4.90 Å². The molecular formula is C19H24N2OS. The lowest BCUT2D eigenvalue weighted by Crippen LogP contribution is -2.46. The molecule has 1 amide bonds. The highest BCUT2D eigenvalue weighted by molar-refractivity contribution is 8.00. The summed E-state index contributed by atoms with van der Waals surface area (Å²) >= 11 is 1.57. The number of amides is 1. The van der Waals surface area contributed by atoms with Crippen molar-refractivity contribution in [1.82, 2.24) is 9.88 Å². The largest absolute Gasteiger partial charge is 0.339 e. The maximum Gasteiger partial charge on any atom is 0.236 e. The molecular weight excluding hydrogens is 304 g/mol. The van der Waals surface area contributed by atoms with Gasteiger partial charge in [-0.3, -0.25) is 4.79 Å². The third kappa shape index (κ3) is 3.69. The number of pyridine rings is 1. The van der Waals surface area contributed by atoms with Crippen LogP contribution in [0, 0.1) is 0 Å². The first-order valence-corrected chi connectivity index (χ1v) is 9.40. The minimum absolute atomic E-state index is 0.0872. The number of aromatic nitrogens is 1. The van der Waals surface area contributed by atoms with E-state index in [1.807, 2.05) is 31.2 Å². The first-order valence-electron chi connectivity index (χ1n) is 8.52. The molecule has 0 saturated carbocycles. The lowest BCUT2D eigenvalue weighted by molar-refractivity contribution is -0.134. The average Bonchev–Trinajstić information content (AvgIpc) is 2.60. The fourth-order valence-corrected chi connectivity index (χ4v) is 4.19. The molecule has 2 unspecified atom stereocenters. The van der Waals surface area contributed by atoms with Gasteiger partial charge in [-0.05, 0) is 44.7 Å². The molecule has 0 radical (unpaired) electrons. The number of para-hydroxylation sites is 1. The molecule has 0 N–H and O–H groups in total. The van der Waals surface area contributed by atoms with Gasteiger partial charge in [-0.2, -0.15) is 0 Å². The Kier molecular flexibility index (Phi) is 5.21. The third-order valence-corrected chi connectivity index (χ3v) is 5.62. The molecule has 0 aliphatic carbocycles. The van der Waals surface area contributed by atoms with Crippen LogP contribution in [0.3, 0.4) is 0 Å². The number of fused-ring (bicyclic) bond motifs is 1. The summed E-state index contributed by atoms with van der Waals surface area (Å²) in [7, 11) is 0. The number of nitrogens with zero attached hydrogens (tertiary/aromatic N) is 2. The molecule has 2 heterocycles. The Balaban J connectivity index is 1.71. The lowest BCUT2D eigenvalue weighted by atomic mass is 10.00. The number of likely N-dealkylation sites (tertiary alicyclic amines) is 1. The molecule has 3 nitrogen and oxygen atoms in total. The van der Waals surface area contributed by atoms with Gasteiger partial charge in [0.2, 0.25) is 5.91 Å². The van der Waals surface area contributed by atoms with Gasteiger partial charge >= 0.3 is 0 Å². The van der Waals surface area contributed by atoms with Crippen molar-refractivity contribution in [2.24, 2.45) is 0 Å². The fourth-order valence-electron chi connectivity index (χ4n) is 3.29. The molecule has 3 rings (SSSR count). The molecule has 0 spiro atoms. The quantitative estimate of drug-likeness (QED) is 0.774. The van der Waals surface area contributed by atoms with Crippen LogP contribution in [0.1, 0.15) is 39.5 Å². The van der Waals surface area contributed by atoms with Crippen LogP contribution >= 0.6 is 11.8 Å². The number of hydrogen-bond donors (Lipinski definition) is 0. The first-order chi connectivity index (χ1) is 11.2. The second kappa shape index (κ2) is 7.35. The maximum absolute atomic E-state index is 12.8. The smallest absolute Gasteiger partial charge is 0.236 e. The van der Waals surface area contributed by atoms with Crippen LogP contribution in [0.2, 0.25) is 0 Å². The van der Waals surface area contributed by atoms with E-state index >= 15 is 0 Å². The third-order valence-electron chi connectivity index (χ3n) is 4.60. The number of rotatable bonds is 4. The van der Waals surface area contributed by atoms with E-state index in [4.69, 9.17) is 0 Å². The van der Waals surface area contributed by atoms with E-state index in [0.29, 0.717) is 6.04 Å². The molecule has 1 aromatic heterocycles. The van der Waals surface area contributed by atoms with E-state index in [2.05, 4.69) is 28.9 Å². The van der Waals surface area contributed by atoms with Crippen molar-refractivity contribution in [3.8, 4) is 0 Å². The number of carbonyl (C=O) groups is 1. The van der Waals surface area contributed by atoms with Crippen molar-refractivity contribution in [3.63, 3.8) is 0 Å². The number of benzene rings is 1. The predicted molar refractivity (Wildman–Crippen MR) is 96.7 cm³/mol. The minimum Gasteiger partial charge on any atom is -0.339 e. The highest BCUT2D eigenvalue weighted by Gasteiger charge is 2.29. The second-order valence-electron chi connectivity index (χ2n) is 6.19. The van der Waals surface area contributed by atoms with Crippen LogP contribution in [0.25, 0.3) is 10.9 Å². The highest BCUT2D eigenvalue weighted by atomic mass is 32.2. The van der Waals surface area contributed by atoms with Crippen molar-refractivity contribution in [2.45, 2.75) is 55.8 Å². The molecule has 4 heteroatoms. The number of hydrogen-bond acceptors (Lipinski definition) is 3. The van der Waals surface area contributed by atoms with E-state index in [0.717, 1.165) is 41.7 Å². The van der Waals surface area contributed by atoms with Crippen molar-refractivity contribution in [2.75, 3.05) is 6.54 Å². The summed E-state index contributed by atoms with van der Waals surface area (Å²) in [5, 5.41) is 1.98. The molecule has 1 aliphatic heterocycles. The standard InChI is InChI=1S/C19H24N2OS/c1-3-16-9-6-7-13-21(16)19(22)14(2)23-18-12-11-15-8-4-5-10-17(15)20-18/h4-5,8,10-12,14,16H,3,6-7,9,13H2,1-2H3. The van der Waals surface area contributed by atoms with Gasteiger partial charge in [-0.25, -0.2) is 4.98 Å². The zero-order valence-electron chi connectivity index (χ0n) is 13.9. The first kappa shape index (κ1) is 16.3. The monoisotopic (exact) mass is 328 g/mol. The van der Waals surface area contributed by atoms with Gasteiger partial charge in [0.25, 0.3) is 0 Å². The van der Waals surface area contributed by atoms with Crippen LogP contribution < -0.4 is 0 Å². The summed E-state index contributed by atoms with van der Waals surface area (Å²) in [5.41, 5.74) is 0.988. The van der Waals surface area contributed by atoms with Gasteiger partial charge in [0.15, 0.2) is 0 Å². The van der Waals surface area contributed by atoms with Gasteiger partial charge in [0.05, 0.1) is 15.8 Å². The molecule has 122 valence electrons. The Bertz CT molecular complexity index is 688. The van der Waals surface area contributed by atoms with E-state index in [9.17, 15) is 4.79 Å². The van der Waals surface area contributed by atoms with Crippen molar-refractivity contribution in [1.29, 1.82) is 0 Å². The van der Waals surface area contributed by atoms with Gasteiger partial charge in [0, 0.05) is 18.0 Å². The zero-order valence-corrected chi connectivity index (χ0v) is 14.7. The summed E-state index contributed by atoms with van der Waals surface area (Å²) in [6.07, 6.45) is 4.58. The molecule has 0 bridgehead atoms. The normalized spacial score (nSPS) is 19.7. The van der Waals surface area contributed by atoms with Crippen LogP contribution in [0.15, 0.2) is 41.4 Å². The fraction of sp³-hybridized carbons (Fsp3) is 0.474. The predicted octanol–water partition coefficient (Wildman–Crippen LogP) is 4.51. The SMILES string of the molecule is CCC1CCCCN1C(=O)C(C)Sc1ccc2ccccc2n1. The molecule has 1 saturated heterocycles. The summed E-state index contributed by atoms with van der Waals surface area (Å²) in [6, 6.07) is 12.6. The number of carbonyl (C=O) groups excluding carboxylic acids is 1. The zero-order chi connectivity index (χ0) is 16.2.